The number of aromatic nitrogens is 1. The molecule has 35 heavy (non-hydrogen) atoms. The molecule has 0 aliphatic rings. The lowest BCUT2D eigenvalue weighted by Gasteiger charge is -2.15. The van der Waals surface area contributed by atoms with Crippen molar-refractivity contribution in [3.63, 3.8) is 0 Å². The van der Waals surface area contributed by atoms with Crippen LogP contribution >= 0.6 is 0 Å². The van der Waals surface area contributed by atoms with Crippen LogP contribution in [0.5, 0.6) is 5.75 Å². The van der Waals surface area contributed by atoms with Crippen LogP contribution in [0.15, 0.2) is 89.9 Å². The molecule has 0 saturated carbocycles. The number of rotatable bonds is 9. The summed E-state index contributed by atoms with van der Waals surface area (Å²) in [4.78, 5) is 23.3. The SMILES string of the molecule is Cc1cccc(-c2ccccc2-c2ccc(=O)n(CCCc3cccc(OCC(=O)O)c3)c2)c1C. The van der Waals surface area contributed by atoms with E-state index in [9.17, 15) is 9.59 Å². The van der Waals surface area contributed by atoms with Crippen molar-refractivity contribution >= 4 is 5.97 Å². The minimum Gasteiger partial charge on any atom is -0.482 e. The molecule has 0 saturated heterocycles. The number of aryl methyl sites for hydroxylation is 3. The lowest BCUT2D eigenvalue weighted by molar-refractivity contribution is -0.139. The van der Waals surface area contributed by atoms with Gasteiger partial charge in [0.1, 0.15) is 5.75 Å². The fraction of sp³-hybridized carbons (Fsp3) is 0.200. The van der Waals surface area contributed by atoms with Crippen LogP contribution in [0.1, 0.15) is 23.1 Å². The maximum absolute atomic E-state index is 12.6. The Hall–Kier alpha value is -4.12. The number of aliphatic carboxylic acids is 1. The molecule has 4 rings (SSSR count). The van der Waals surface area contributed by atoms with Crippen molar-refractivity contribution in [2.45, 2.75) is 33.2 Å². The number of pyridine rings is 1. The van der Waals surface area contributed by atoms with Crippen LogP contribution in [0.4, 0.5) is 0 Å². The van der Waals surface area contributed by atoms with Gasteiger partial charge in [0.05, 0.1) is 0 Å². The third-order valence-corrected chi connectivity index (χ3v) is 6.24. The van der Waals surface area contributed by atoms with Gasteiger partial charge in [-0.3, -0.25) is 4.79 Å². The summed E-state index contributed by atoms with van der Waals surface area (Å²) < 4.78 is 7.03. The number of carboxylic acid groups (broad SMARTS) is 1. The van der Waals surface area contributed by atoms with E-state index in [1.807, 2.05) is 42.6 Å². The third kappa shape index (κ3) is 5.87. The molecule has 0 aliphatic heterocycles. The Bertz CT molecular complexity index is 1400. The van der Waals surface area contributed by atoms with Crippen molar-refractivity contribution in [2.24, 2.45) is 0 Å². The van der Waals surface area contributed by atoms with Crippen molar-refractivity contribution in [1.29, 1.82) is 0 Å². The summed E-state index contributed by atoms with van der Waals surface area (Å²) in [6, 6.07) is 25.6. The van der Waals surface area contributed by atoms with Crippen LogP contribution in [-0.2, 0) is 17.8 Å². The summed E-state index contributed by atoms with van der Waals surface area (Å²) in [7, 11) is 0. The van der Waals surface area contributed by atoms with Gasteiger partial charge < -0.3 is 14.4 Å². The van der Waals surface area contributed by atoms with Gasteiger partial charge in [-0.1, -0.05) is 54.6 Å². The highest BCUT2D eigenvalue weighted by Gasteiger charge is 2.11. The number of hydrogen-bond acceptors (Lipinski definition) is 3. The van der Waals surface area contributed by atoms with Gasteiger partial charge in [-0.25, -0.2) is 4.79 Å². The number of benzene rings is 3. The standard InChI is InChI=1S/C30H29NO4/c1-21-8-5-14-26(22(21)2)28-13-4-3-12-27(28)24-15-16-29(32)31(19-24)17-7-10-23-9-6-11-25(18-23)35-20-30(33)34/h3-6,8-9,11-16,18-19H,7,10,17,20H2,1-2H3,(H,33,34). The zero-order valence-electron chi connectivity index (χ0n) is 20.0. The average molecular weight is 468 g/mol. The normalized spacial score (nSPS) is 10.8. The lowest BCUT2D eigenvalue weighted by Crippen LogP contribution is -2.19. The summed E-state index contributed by atoms with van der Waals surface area (Å²) >= 11 is 0. The molecule has 5 heteroatoms. The minimum atomic E-state index is -1.01. The monoisotopic (exact) mass is 467 g/mol. The second-order valence-corrected chi connectivity index (χ2v) is 8.68. The lowest BCUT2D eigenvalue weighted by atomic mass is 9.91. The largest absolute Gasteiger partial charge is 0.482 e. The molecule has 1 N–H and O–H groups in total. The van der Waals surface area contributed by atoms with Gasteiger partial charge in [0, 0.05) is 18.8 Å². The van der Waals surface area contributed by atoms with E-state index in [1.54, 1.807) is 16.7 Å². The molecule has 5 nitrogen and oxygen atoms in total. The number of hydrogen-bond donors (Lipinski definition) is 1. The van der Waals surface area contributed by atoms with Gasteiger partial charge in [-0.15, -0.1) is 0 Å². The number of carboxylic acids is 1. The summed E-state index contributed by atoms with van der Waals surface area (Å²) in [5, 5.41) is 8.79. The van der Waals surface area contributed by atoms with Crippen LogP contribution in [0.3, 0.4) is 0 Å². The minimum absolute atomic E-state index is 0.0310. The summed E-state index contributed by atoms with van der Waals surface area (Å²) in [5.41, 5.74) is 7.96. The molecule has 0 unspecified atom stereocenters. The van der Waals surface area contributed by atoms with Gasteiger partial charge in [0.25, 0.3) is 5.56 Å². The Morgan fingerprint density at radius 1 is 0.886 bits per heavy atom. The van der Waals surface area contributed by atoms with Crippen molar-refractivity contribution in [1.82, 2.24) is 4.57 Å². The Morgan fingerprint density at radius 3 is 2.43 bits per heavy atom. The zero-order valence-corrected chi connectivity index (χ0v) is 20.0. The second-order valence-electron chi connectivity index (χ2n) is 8.68. The van der Waals surface area contributed by atoms with E-state index >= 15 is 0 Å². The first-order valence-electron chi connectivity index (χ1n) is 11.7. The van der Waals surface area contributed by atoms with Crippen LogP contribution < -0.4 is 10.3 Å². The predicted molar refractivity (Wildman–Crippen MR) is 139 cm³/mol. The zero-order chi connectivity index (χ0) is 24.8. The van der Waals surface area contributed by atoms with Gasteiger partial charge in [0.2, 0.25) is 0 Å². The Morgan fingerprint density at radius 2 is 1.63 bits per heavy atom. The van der Waals surface area contributed by atoms with Crippen molar-refractivity contribution in [3.8, 4) is 28.0 Å². The first-order chi connectivity index (χ1) is 16.9. The van der Waals surface area contributed by atoms with Crippen LogP contribution in [0.2, 0.25) is 0 Å². The fourth-order valence-corrected chi connectivity index (χ4v) is 4.27. The Kier molecular flexibility index (Phi) is 7.46. The second kappa shape index (κ2) is 10.9. The maximum atomic E-state index is 12.6. The molecular formula is C30H29NO4. The summed E-state index contributed by atoms with van der Waals surface area (Å²) in [5.74, 6) is -0.471. The molecular weight excluding hydrogens is 438 g/mol. The molecule has 0 radical (unpaired) electrons. The predicted octanol–water partition coefficient (Wildman–Crippen LogP) is 5.90. The quantitative estimate of drug-likeness (QED) is 0.333. The van der Waals surface area contributed by atoms with Crippen LogP contribution in [-0.4, -0.2) is 22.2 Å². The van der Waals surface area contributed by atoms with E-state index in [2.05, 4.69) is 44.2 Å². The fourth-order valence-electron chi connectivity index (χ4n) is 4.27. The molecule has 0 aliphatic carbocycles. The van der Waals surface area contributed by atoms with Crippen LogP contribution in [0.25, 0.3) is 22.3 Å². The van der Waals surface area contributed by atoms with Crippen LogP contribution in [0, 0.1) is 13.8 Å². The highest BCUT2D eigenvalue weighted by Crippen LogP contribution is 2.34. The maximum Gasteiger partial charge on any atom is 0.341 e. The summed E-state index contributed by atoms with van der Waals surface area (Å²) in [6.07, 6.45) is 3.46. The Labute approximate surface area is 205 Å². The molecule has 3 aromatic carbocycles. The first-order valence-corrected chi connectivity index (χ1v) is 11.7. The van der Waals surface area contributed by atoms with Crippen molar-refractivity contribution in [2.75, 3.05) is 6.61 Å². The van der Waals surface area contributed by atoms with Crippen molar-refractivity contribution in [3.05, 3.63) is 112 Å². The number of ether oxygens (including phenoxy) is 1. The Balaban J connectivity index is 1.53. The molecule has 0 spiro atoms. The molecule has 178 valence electrons. The molecule has 0 atom stereocenters. The average Bonchev–Trinajstić information content (AvgIpc) is 2.86. The van der Waals surface area contributed by atoms with E-state index in [-0.39, 0.29) is 12.2 Å². The molecule has 0 bridgehead atoms. The van der Waals surface area contributed by atoms with Gasteiger partial charge >= 0.3 is 5.97 Å². The van der Waals surface area contributed by atoms with E-state index in [0.717, 1.165) is 35.1 Å². The van der Waals surface area contributed by atoms with Gasteiger partial charge in [0.15, 0.2) is 6.61 Å². The van der Waals surface area contributed by atoms with E-state index < -0.39 is 5.97 Å². The third-order valence-electron chi connectivity index (χ3n) is 6.24. The number of nitrogens with zero attached hydrogens (tertiary/aromatic N) is 1. The van der Waals surface area contributed by atoms with E-state index in [0.29, 0.717) is 12.3 Å². The molecule has 1 heterocycles. The van der Waals surface area contributed by atoms with Gasteiger partial charge in [-0.2, -0.15) is 0 Å². The highest BCUT2D eigenvalue weighted by atomic mass is 16.5. The van der Waals surface area contributed by atoms with Crippen molar-refractivity contribution < 1.29 is 14.6 Å². The highest BCUT2D eigenvalue weighted by molar-refractivity contribution is 5.84. The molecule has 4 aromatic rings. The summed E-state index contributed by atoms with van der Waals surface area (Å²) in [6.45, 7) is 4.48. The van der Waals surface area contributed by atoms with E-state index in [4.69, 9.17) is 9.84 Å². The van der Waals surface area contributed by atoms with Gasteiger partial charge in [-0.05, 0) is 83.8 Å². The topological polar surface area (TPSA) is 68.5 Å². The molecule has 0 fully saturated rings. The van der Waals surface area contributed by atoms with E-state index in [1.165, 1.54) is 16.7 Å². The smallest absolute Gasteiger partial charge is 0.341 e. The number of carbonyl (C=O) groups is 1. The first kappa shape index (κ1) is 24.0. The molecule has 0 amide bonds. The molecule has 1 aromatic heterocycles.